The topological polar surface area (TPSA) is 48.0 Å². The molecule has 1 aromatic heterocycles. The number of phenolic OH excluding ortho intramolecular Hbond substituents is 1. The van der Waals surface area contributed by atoms with Crippen molar-refractivity contribution in [3.63, 3.8) is 0 Å². The van der Waals surface area contributed by atoms with E-state index in [2.05, 4.69) is 17.2 Å². The van der Waals surface area contributed by atoms with Crippen LogP contribution in [0, 0.1) is 0 Å². The third-order valence-electron chi connectivity index (χ3n) is 3.20. The summed E-state index contributed by atoms with van der Waals surface area (Å²) in [6.07, 6.45) is 0.983. The quantitative estimate of drug-likeness (QED) is 0.612. The van der Waals surface area contributed by atoms with Crippen LogP contribution >= 0.6 is 0 Å². The van der Waals surface area contributed by atoms with Gasteiger partial charge in [-0.25, -0.2) is 0 Å². The number of aromatic nitrogens is 1. The number of nitrogens with one attached hydrogen (secondary N) is 2. The molecular weight excluding hydrogens is 188 g/mol. The van der Waals surface area contributed by atoms with Crippen molar-refractivity contribution in [1.29, 1.82) is 0 Å². The monoisotopic (exact) mass is 202 g/mol. The second kappa shape index (κ2) is 3.00. The summed E-state index contributed by atoms with van der Waals surface area (Å²) < 4.78 is 0. The molecule has 3 nitrogen and oxygen atoms in total. The van der Waals surface area contributed by atoms with Crippen molar-refractivity contribution in [3.8, 4) is 5.75 Å². The molecular formula is C12H14N2O. The molecule has 1 atom stereocenters. The Morgan fingerprint density at radius 3 is 3.13 bits per heavy atom. The number of benzene rings is 1. The minimum Gasteiger partial charge on any atom is -0.507 e. The first-order valence-electron chi connectivity index (χ1n) is 5.33. The zero-order valence-corrected chi connectivity index (χ0v) is 8.67. The van der Waals surface area contributed by atoms with Gasteiger partial charge in [0.1, 0.15) is 5.75 Å². The largest absolute Gasteiger partial charge is 0.507 e. The van der Waals surface area contributed by atoms with E-state index in [-0.39, 0.29) is 0 Å². The lowest BCUT2D eigenvalue weighted by molar-refractivity contribution is 0.480. The van der Waals surface area contributed by atoms with Crippen LogP contribution in [0.4, 0.5) is 0 Å². The molecule has 2 heterocycles. The van der Waals surface area contributed by atoms with Gasteiger partial charge >= 0.3 is 0 Å². The number of hydrogen-bond donors (Lipinski definition) is 3. The Morgan fingerprint density at radius 2 is 2.27 bits per heavy atom. The predicted octanol–water partition coefficient (Wildman–Crippen LogP) is 2.08. The molecule has 0 radical (unpaired) electrons. The fraction of sp³-hybridized carbons (Fsp3) is 0.333. The average molecular weight is 202 g/mol. The molecule has 0 amide bonds. The summed E-state index contributed by atoms with van der Waals surface area (Å²) in [6.45, 7) is 3.12. The van der Waals surface area contributed by atoms with Gasteiger partial charge in [0, 0.05) is 22.6 Å². The normalized spacial score (nSPS) is 20.5. The Balaban J connectivity index is 2.36. The smallest absolute Gasteiger partial charge is 0.125 e. The number of fused-ring (bicyclic) bond motifs is 3. The van der Waals surface area contributed by atoms with Gasteiger partial charge in [-0.3, -0.25) is 0 Å². The van der Waals surface area contributed by atoms with Gasteiger partial charge in [-0.05, 0) is 37.6 Å². The highest BCUT2D eigenvalue weighted by molar-refractivity contribution is 5.90. The van der Waals surface area contributed by atoms with E-state index < -0.39 is 0 Å². The van der Waals surface area contributed by atoms with Crippen LogP contribution in [0.1, 0.15) is 24.2 Å². The molecule has 0 aliphatic carbocycles. The molecule has 3 heteroatoms. The molecule has 1 aliphatic rings. The Bertz CT molecular complexity index is 516. The number of H-pyrrole nitrogens is 1. The average Bonchev–Trinajstić information content (AvgIpc) is 2.59. The van der Waals surface area contributed by atoms with Crippen molar-refractivity contribution >= 4 is 10.9 Å². The lowest BCUT2D eigenvalue weighted by Crippen LogP contribution is -2.27. The maximum Gasteiger partial charge on any atom is 0.125 e. The number of aromatic hydroxyl groups is 1. The van der Waals surface area contributed by atoms with Gasteiger partial charge < -0.3 is 15.4 Å². The first-order valence-corrected chi connectivity index (χ1v) is 5.33. The number of rotatable bonds is 0. The zero-order chi connectivity index (χ0) is 10.4. The van der Waals surface area contributed by atoms with Crippen LogP contribution in [0.15, 0.2) is 18.2 Å². The number of phenols is 1. The van der Waals surface area contributed by atoms with Crippen molar-refractivity contribution in [2.75, 3.05) is 6.54 Å². The fourth-order valence-corrected chi connectivity index (χ4v) is 2.46. The van der Waals surface area contributed by atoms with Crippen LogP contribution in [0.25, 0.3) is 10.9 Å². The van der Waals surface area contributed by atoms with E-state index in [1.54, 1.807) is 6.07 Å². The summed E-state index contributed by atoms with van der Waals surface area (Å²) in [6, 6.07) is 5.99. The van der Waals surface area contributed by atoms with Gasteiger partial charge in [-0.15, -0.1) is 0 Å². The molecule has 0 saturated heterocycles. The van der Waals surface area contributed by atoms with Crippen LogP contribution in [-0.4, -0.2) is 16.6 Å². The van der Waals surface area contributed by atoms with Crippen LogP contribution in [0.5, 0.6) is 5.75 Å². The molecule has 3 rings (SSSR count). The first-order chi connectivity index (χ1) is 7.27. The van der Waals surface area contributed by atoms with Crippen molar-refractivity contribution < 1.29 is 5.11 Å². The molecule has 78 valence electrons. The minimum atomic E-state index is 0.348. The summed E-state index contributed by atoms with van der Waals surface area (Å²) in [5, 5.41) is 14.3. The summed E-state index contributed by atoms with van der Waals surface area (Å²) in [7, 11) is 0. The Kier molecular flexibility index (Phi) is 1.76. The van der Waals surface area contributed by atoms with Crippen LogP contribution < -0.4 is 5.32 Å². The molecule has 1 unspecified atom stereocenters. The summed E-state index contributed by atoms with van der Waals surface area (Å²) in [5.74, 6) is 0.388. The highest BCUT2D eigenvalue weighted by atomic mass is 16.3. The second-order valence-corrected chi connectivity index (χ2v) is 4.14. The van der Waals surface area contributed by atoms with Crippen molar-refractivity contribution in [2.24, 2.45) is 0 Å². The standard InChI is InChI=1S/C12H14N2O/c1-7-12-8(5-6-13-7)11-9(14-12)3-2-4-10(11)15/h2-4,7,13-15H,5-6H2,1H3. The third kappa shape index (κ3) is 1.16. The molecule has 0 bridgehead atoms. The van der Waals surface area contributed by atoms with Gasteiger partial charge in [0.2, 0.25) is 0 Å². The molecule has 0 saturated carbocycles. The zero-order valence-electron chi connectivity index (χ0n) is 8.67. The Morgan fingerprint density at radius 1 is 1.40 bits per heavy atom. The second-order valence-electron chi connectivity index (χ2n) is 4.14. The van der Waals surface area contributed by atoms with Crippen LogP contribution in [0.3, 0.4) is 0 Å². The van der Waals surface area contributed by atoms with Crippen LogP contribution in [-0.2, 0) is 6.42 Å². The summed E-state index contributed by atoms with van der Waals surface area (Å²) in [5.41, 5.74) is 3.53. The fourth-order valence-electron chi connectivity index (χ4n) is 2.46. The van der Waals surface area contributed by atoms with E-state index in [4.69, 9.17) is 0 Å². The Hall–Kier alpha value is -1.48. The van der Waals surface area contributed by atoms with Crippen LogP contribution in [0.2, 0.25) is 0 Å². The van der Waals surface area contributed by atoms with Crippen molar-refractivity contribution in [2.45, 2.75) is 19.4 Å². The molecule has 3 N–H and O–H groups in total. The van der Waals surface area contributed by atoms with Gasteiger partial charge in [-0.2, -0.15) is 0 Å². The van der Waals surface area contributed by atoms with E-state index in [0.29, 0.717) is 11.8 Å². The van der Waals surface area contributed by atoms with E-state index in [1.165, 1.54) is 11.3 Å². The summed E-state index contributed by atoms with van der Waals surface area (Å²) >= 11 is 0. The van der Waals surface area contributed by atoms with E-state index in [9.17, 15) is 5.11 Å². The van der Waals surface area contributed by atoms with Crippen molar-refractivity contribution in [3.05, 3.63) is 29.5 Å². The maximum atomic E-state index is 9.86. The third-order valence-corrected chi connectivity index (χ3v) is 3.20. The van der Waals surface area contributed by atoms with E-state index in [1.807, 2.05) is 12.1 Å². The molecule has 0 spiro atoms. The SMILES string of the molecule is CC1NCCc2c1[nH]c1cccc(O)c21. The maximum absolute atomic E-state index is 9.86. The van der Waals surface area contributed by atoms with Gasteiger partial charge in [-0.1, -0.05) is 6.07 Å². The van der Waals surface area contributed by atoms with Gasteiger partial charge in [0.05, 0.1) is 0 Å². The van der Waals surface area contributed by atoms with Gasteiger partial charge in [0.15, 0.2) is 0 Å². The lowest BCUT2D eigenvalue weighted by atomic mass is 10.00. The highest BCUT2D eigenvalue weighted by Gasteiger charge is 2.21. The molecule has 1 aliphatic heterocycles. The number of hydrogen-bond acceptors (Lipinski definition) is 2. The summed E-state index contributed by atoms with van der Waals surface area (Å²) in [4.78, 5) is 3.38. The van der Waals surface area contributed by atoms with Crippen molar-refractivity contribution in [1.82, 2.24) is 10.3 Å². The predicted molar refractivity (Wildman–Crippen MR) is 60.1 cm³/mol. The molecule has 15 heavy (non-hydrogen) atoms. The number of aromatic amines is 1. The van der Waals surface area contributed by atoms with Gasteiger partial charge in [0.25, 0.3) is 0 Å². The van der Waals surface area contributed by atoms with E-state index in [0.717, 1.165) is 23.9 Å². The highest BCUT2D eigenvalue weighted by Crippen LogP contribution is 2.34. The molecule has 2 aromatic rings. The molecule has 1 aromatic carbocycles. The first kappa shape index (κ1) is 8.80. The Labute approximate surface area is 88.1 Å². The lowest BCUT2D eigenvalue weighted by Gasteiger charge is -2.20. The van der Waals surface area contributed by atoms with E-state index >= 15 is 0 Å². The molecule has 0 fully saturated rings. The minimum absolute atomic E-state index is 0.348.